The van der Waals surface area contributed by atoms with Crippen LogP contribution in [0.25, 0.3) is 0 Å². The predicted octanol–water partition coefficient (Wildman–Crippen LogP) is 3.13. The normalized spacial score (nSPS) is 14.0. The highest BCUT2D eigenvalue weighted by molar-refractivity contribution is 7.91. The molecule has 1 aliphatic heterocycles. The zero-order valence-electron chi connectivity index (χ0n) is 14.8. The van der Waals surface area contributed by atoms with Crippen LogP contribution in [0.2, 0.25) is 0 Å². The number of hydrogen-bond acceptors (Lipinski definition) is 4. The highest BCUT2D eigenvalue weighted by Gasteiger charge is 2.29. The summed E-state index contributed by atoms with van der Waals surface area (Å²) in [5.41, 5.74) is 2.10. The number of fused-ring (bicyclic) bond motifs is 1. The number of hydrogen-bond donors (Lipinski definition) is 0. The van der Waals surface area contributed by atoms with Crippen molar-refractivity contribution >= 4 is 21.4 Å². The molecular formula is C19H18F3NO4S. The van der Waals surface area contributed by atoms with E-state index in [0.717, 1.165) is 11.3 Å². The number of carbonyl (C=O) groups excluding carboxylic acids is 1. The first-order chi connectivity index (χ1) is 13.1. The third kappa shape index (κ3) is 5.25. The van der Waals surface area contributed by atoms with Crippen molar-refractivity contribution in [1.82, 2.24) is 0 Å². The topological polar surface area (TPSA) is 63.7 Å². The molecule has 2 aromatic carbocycles. The molecule has 28 heavy (non-hydrogen) atoms. The molecule has 0 saturated heterocycles. The molecule has 0 fully saturated rings. The molecule has 1 aliphatic rings. The van der Waals surface area contributed by atoms with E-state index in [1.165, 1.54) is 29.2 Å². The zero-order valence-corrected chi connectivity index (χ0v) is 15.6. The van der Waals surface area contributed by atoms with E-state index >= 15 is 0 Å². The molecule has 150 valence electrons. The maximum absolute atomic E-state index is 12.5. The first-order valence-electron chi connectivity index (χ1n) is 8.50. The van der Waals surface area contributed by atoms with Gasteiger partial charge in [0.1, 0.15) is 11.5 Å². The van der Waals surface area contributed by atoms with Crippen LogP contribution in [0.3, 0.4) is 0 Å². The van der Waals surface area contributed by atoms with Crippen molar-refractivity contribution in [3.05, 3.63) is 59.7 Å². The van der Waals surface area contributed by atoms with Gasteiger partial charge >= 0.3 is 6.18 Å². The number of ether oxygens (including phenoxy) is 1. The molecule has 3 rings (SSSR count). The molecule has 0 aliphatic carbocycles. The zero-order chi connectivity index (χ0) is 20.4. The third-order valence-electron chi connectivity index (χ3n) is 4.24. The highest BCUT2D eigenvalue weighted by Crippen LogP contribution is 2.28. The Balaban J connectivity index is 1.60. The summed E-state index contributed by atoms with van der Waals surface area (Å²) in [5.74, 6) is -1.51. The van der Waals surface area contributed by atoms with Gasteiger partial charge in [-0.25, -0.2) is 8.42 Å². The van der Waals surface area contributed by atoms with Crippen molar-refractivity contribution in [3.63, 3.8) is 0 Å². The largest absolute Gasteiger partial charge is 0.484 e. The average molecular weight is 413 g/mol. The molecule has 0 saturated carbocycles. The molecular weight excluding hydrogens is 395 g/mol. The molecule has 9 heteroatoms. The Morgan fingerprint density at radius 3 is 2.43 bits per heavy atom. The molecule has 2 aromatic rings. The molecule has 1 amide bonds. The lowest BCUT2D eigenvalue weighted by Gasteiger charge is -2.17. The summed E-state index contributed by atoms with van der Waals surface area (Å²) < 4.78 is 65.8. The summed E-state index contributed by atoms with van der Waals surface area (Å²) in [5, 5.41) is 0. The number of nitrogens with zero attached hydrogens (tertiary/aromatic N) is 1. The SMILES string of the molecule is O=C(CS(=O)(=O)Cc1ccc(OCC(F)(F)F)cc1)N1CCc2ccccc21. The molecule has 5 nitrogen and oxygen atoms in total. The standard InChI is InChI=1S/C19H18F3NO4S/c20-19(21,22)13-27-16-7-5-14(6-8-16)11-28(25,26)12-18(24)23-10-9-15-3-1-2-4-17(15)23/h1-8H,9-13H2. The summed E-state index contributed by atoms with van der Waals surface area (Å²) in [4.78, 5) is 13.9. The van der Waals surface area contributed by atoms with Crippen LogP contribution in [0.15, 0.2) is 48.5 Å². The number of sulfone groups is 1. The van der Waals surface area contributed by atoms with Crippen molar-refractivity contribution in [1.29, 1.82) is 0 Å². The molecule has 0 atom stereocenters. The van der Waals surface area contributed by atoms with Gasteiger partial charge in [0, 0.05) is 12.2 Å². The van der Waals surface area contributed by atoms with Gasteiger partial charge in [0.15, 0.2) is 16.4 Å². The summed E-state index contributed by atoms with van der Waals surface area (Å²) >= 11 is 0. The minimum atomic E-state index is -4.45. The Hall–Kier alpha value is -2.55. The number of rotatable bonds is 6. The highest BCUT2D eigenvalue weighted by atomic mass is 32.2. The van der Waals surface area contributed by atoms with E-state index in [1.807, 2.05) is 12.1 Å². The average Bonchev–Trinajstić information content (AvgIpc) is 3.04. The monoisotopic (exact) mass is 413 g/mol. The van der Waals surface area contributed by atoms with Crippen molar-refractivity contribution in [2.24, 2.45) is 0 Å². The fourth-order valence-corrected chi connectivity index (χ4v) is 4.35. The molecule has 0 N–H and O–H groups in total. The molecule has 0 radical (unpaired) electrons. The van der Waals surface area contributed by atoms with E-state index in [-0.39, 0.29) is 11.5 Å². The second-order valence-corrected chi connectivity index (χ2v) is 8.57. The van der Waals surface area contributed by atoms with Crippen LogP contribution >= 0.6 is 0 Å². The summed E-state index contributed by atoms with van der Waals surface area (Å²) in [6.45, 7) is -0.977. The van der Waals surface area contributed by atoms with Gasteiger partial charge in [-0.15, -0.1) is 0 Å². The van der Waals surface area contributed by atoms with Crippen LogP contribution in [0.5, 0.6) is 5.75 Å². The van der Waals surface area contributed by atoms with Crippen LogP contribution in [0.4, 0.5) is 18.9 Å². The lowest BCUT2D eigenvalue weighted by atomic mass is 10.2. The smallest absolute Gasteiger partial charge is 0.422 e. The lowest BCUT2D eigenvalue weighted by molar-refractivity contribution is -0.153. The minimum Gasteiger partial charge on any atom is -0.484 e. The number of anilines is 1. The Labute approximate surface area is 160 Å². The van der Waals surface area contributed by atoms with Crippen LogP contribution < -0.4 is 9.64 Å². The number of alkyl halides is 3. The van der Waals surface area contributed by atoms with Crippen molar-refractivity contribution in [3.8, 4) is 5.75 Å². The van der Waals surface area contributed by atoms with Crippen molar-refractivity contribution < 1.29 is 31.1 Å². The summed E-state index contributed by atoms with van der Waals surface area (Å²) in [6.07, 6.45) is -3.77. The molecule has 0 unspecified atom stereocenters. The summed E-state index contributed by atoms with van der Waals surface area (Å²) in [6, 6.07) is 12.6. The quantitative estimate of drug-likeness (QED) is 0.730. The van der Waals surface area contributed by atoms with E-state index in [2.05, 4.69) is 4.74 Å². The van der Waals surface area contributed by atoms with E-state index in [4.69, 9.17) is 0 Å². The van der Waals surface area contributed by atoms with Gasteiger partial charge in [-0.05, 0) is 35.7 Å². The van der Waals surface area contributed by atoms with E-state index < -0.39 is 34.3 Å². The van der Waals surface area contributed by atoms with Crippen LogP contribution in [-0.2, 0) is 26.8 Å². The second-order valence-electron chi connectivity index (χ2n) is 6.50. The molecule has 0 bridgehead atoms. The van der Waals surface area contributed by atoms with Gasteiger partial charge in [-0.3, -0.25) is 4.79 Å². The molecule has 0 aromatic heterocycles. The van der Waals surface area contributed by atoms with Gasteiger partial charge in [0.25, 0.3) is 0 Å². The maximum Gasteiger partial charge on any atom is 0.422 e. The van der Waals surface area contributed by atoms with Crippen LogP contribution in [-0.4, -0.2) is 39.4 Å². The van der Waals surface area contributed by atoms with Crippen LogP contribution in [0, 0.1) is 0 Å². The number of benzene rings is 2. The van der Waals surface area contributed by atoms with E-state index in [9.17, 15) is 26.4 Å². The first-order valence-corrected chi connectivity index (χ1v) is 10.3. The Morgan fingerprint density at radius 2 is 1.75 bits per heavy atom. The van der Waals surface area contributed by atoms with Crippen molar-refractivity contribution in [2.45, 2.75) is 18.3 Å². The Morgan fingerprint density at radius 1 is 1.07 bits per heavy atom. The Kier molecular flexibility index (Phi) is 5.64. The van der Waals surface area contributed by atoms with E-state index in [1.54, 1.807) is 12.1 Å². The van der Waals surface area contributed by atoms with E-state index in [0.29, 0.717) is 18.5 Å². The van der Waals surface area contributed by atoms with Gasteiger partial charge in [0.2, 0.25) is 5.91 Å². The van der Waals surface area contributed by atoms with Gasteiger partial charge in [-0.1, -0.05) is 30.3 Å². The third-order valence-corrected chi connectivity index (χ3v) is 5.70. The van der Waals surface area contributed by atoms with Gasteiger partial charge in [-0.2, -0.15) is 13.2 Å². The minimum absolute atomic E-state index is 0.0109. The first kappa shape index (κ1) is 20.2. The van der Waals surface area contributed by atoms with Crippen molar-refractivity contribution in [2.75, 3.05) is 23.8 Å². The lowest BCUT2D eigenvalue weighted by Crippen LogP contribution is -2.34. The number of amides is 1. The van der Waals surface area contributed by atoms with Gasteiger partial charge < -0.3 is 9.64 Å². The summed E-state index contributed by atoms with van der Waals surface area (Å²) in [7, 11) is -3.73. The Bertz CT molecular complexity index is 956. The molecule has 0 spiro atoms. The molecule has 1 heterocycles. The van der Waals surface area contributed by atoms with Gasteiger partial charge in [0.05, 0.1) is 5.75 Å². The second kappa shape index (κ2) is 7.83. The predicted molar refractivity (Wildman–Crippen MR) is 98.0 cm³/mol. The number of halogens is 3. The fourth-order valence-electron chi connectivity index (χ4n) is 3.02. The number of para-hydroxylation sites is 1. The maximum atomic E-state index is 12.5. The fraction of sp³-hybridized carbons (Fsp3) is 0.316. The van der Waals surface area contributed by atoms with Crippen LogP contribution in [0.1, 0.15) is 11.1 Å². The number of carbonyl (C=O) groups is 1.